The van der Waals surface area contributed by atoms with Crippen LogP contribution < -0.4 is 10.6 Å². The van der Waals surface area contributed by atoms with E-state index in [0.29, 0.717) is 18.0 Å². The van der Waals surface area contributed by atoms with Crippen molar-refractivity contribution in [1.29, 1.82) is 0 Å². The molecule has 21 heavy (non-hydrogen) atoms. The van der Waals surface area contributed by atoms with Crippen molar-refractivity contribution in [1.82, 2.24) is 15.7 Å². The first-order chi connectivity index (χ1) is 10.1. The van der Waals surface area contributed by atoms with Gasteiger partial charge >= 0.3 is 6.09 Å². The van der Waals surface area contributed by atoms with E-state index in [9.17, 15) is 14.4 Å². The van der Waals surface area contributed by atoms with Gasteiger partial charge in [-0.05, 0) is 11.1 Å². The summed E-state index contributed by atoms with van der Waals surface area (Å²) >= 11 is 0. The van der Waals surface area contributed by atoms with Gasteiger partial charge in [0.25, 0.3) is 11.8 Å². The summed E-state index contributed by atoms with van der Waals surface area (Å²) in [5.41, 5.74) is 2.34. The van der Waals surface area contributed by atoms with Crippen molar-refractivity contribution in [3.8, 4) is 0 Å². The second-order valence-electron chi connectivity index (χ2n) is 5.01. The molecule has 2 N–H and O–H groups in total. The van der Waals surface area contributed by atoms with Crippen LogP contribution in [0.3, 0.4) is 0 Å². The second kappa shape index (κ2) is 5.53. The first-order valence-corrected chi connectivity index (χ1v) is 6.78. The van der Waals surface area contributed by atoms with E-state index < -0.39 is 17.9 Å². The lowest BCUT2D eigenvalue weighted by Crippen LogP contribution is -2.50. The van der Waals surface area contributed by atoms with E-state index in [2.05, 4.69) is 10.6 Å². The molecule has 1 unspecified atom stereocenters. The number of hydroxylamine groups is 2. The van der Waals surface area contributed by atoms with Crippen LogP contribution in [0.15, 0.2) is 24.3 Å². The molecule has 0 bridgehead atoms. The Bertz CT molecular complexity index is 586. The van der Waals surface area contributed by atoms with E-state index in [1.807, 2.05) is 24.3 Å². The number of imide groups is 1. The molecule has 1 aromatic rings. The molecule has 7 heteroatoms. The quantitative estimate of drug-likeness (QED) is 0.772. The third kappa shape index (κ3) is 2.87. The smallest absolute Gasteiger partial charge is 0.311 e. The Labute approximate surface area is 121 Å². The summed E-state index contributed by atoms with van der Waals surface area (Å²) in [7, 11) is 0. The van der Waals surface area contributed by atoms with Crippen molar-refractivity contribution >= 4 is 17.9 Å². The molecule has 2 heterocycles. The van der Waals surface area contributed by atoms with Crippen molar-refractivity contribution in [2.24, 2.45) is 0 Å². The molecule has 0 radical (unpaired) electrons. The van der Waals surface area contributed by atoms with E-state index in [1.54, 1.807) is 0 Å². The zero-order chi connectivity index (χ0) is 14.8. The number of benzene rings is 1. The number of rotatable bonds is 2. The summed E-state index contributed by atoms with van der Waals surface area (Å²) in [5.74, 6) is -0.978. The first kappa shape index (κ1) is 13.6. The molecule has 2 aliphatic rings. The van der Waals surface area contributed by atoms with E-state index in [1.165, 1.54) is 5.56 Å². The minimum Gasteiger partial charge on any atom is -0.311 e. The topological polar surface area (TPSA) is 87.7 Å². The summed E-state index contributed by atoms with van der Waals surface area (Å²) in [4.78, 5) is 39.2. The van der Waals surface area contributed by atoms with Crippen LogP contribution in [-0.4, -0.2) is 29.1 Å². The summed E-state index contributed by atoms with van der Waals surface area (Å²) in [6.45, 7) is 0.642. The Morgan fingerprint density at radius 3 is 2.57 bits per heavy atom. The van der Waals surface area contributed by atoms with Gasteiger partial charge in [0.05, 0.1) is 6.17 Å². The Morgan fingerprint density at radius 2 is 1.86 bits per heavy atom. The average molecular weight is 289 g/mol. The lowest BCUT2D eigenvalue weighted by molar-refractivity contribution is -0.171. The maximum Gasteiger partial charge on any atom is 0.433 e. The third-order valence-corrected chi connectivity index (χ3v) is 3.55. The highest BCUT2D eigenvalue weighted by Gasteiger charge is 2.33. The van der Waals surface area contributed by atoms with Crippen molar-refractivity contribution in [2.45, 2.75) is 32.0 Å². The van der Waals surface area contributed by atoms with Crippen LogP contribution in [0.4, 0.5) is 4.79 Å². The van der Waals surface area contributed by atoms with Crippen LogP contribution in [0.2, 0.25) is 0 Å². The molecule has 1 atom stereocenters. The Morgan fingerprint density at radius 1 is 1.19 bits per heavy atom. The largest absolute Gasteiger partial charge is 0.433 e. The fourth-order valence-corrected chi connectivity index (χ4v) is 2.47. The van der Waals surface area contributed by atoms with Crippen molar-refractivity contribution in [2.75, 3.05) is 0 Å². The molecule has 1 saturated heterocycles. The van der Waals surface area contributed by atoms with Gasteiger partial charge in [0, 0.05) is 25.8 Å². The standard InChI is InChI=1S/C14H15N3O4/c18-12-5-6-13(19)17(12)21-14(20)16-11-7-9-3-1-2-4-10(9)8-15-11/h1-4,11,15H,5-8H2,(H,16,20). The van der Waals surface area contributed by atoms with E-state index in [-0.39, 0.29) is 19.0 Å². The van der Waals surface area contributed by atoms with Gasteiger partial charge in [-0.15, -0.1) is 5.06 Å². The fraction of sp³-hybridized carbons (Fsp3) is 0.357. The van der Waals surface area contributed by atoms with Gasteiger partial charge in [-0.25, -0.2) is 4.79 Å². The lowest BCUT2D eigenvalue weighted by atomic mass is 9.99. The maximum atomic E-state index is 11.8. The van der Waals surface area contributed by atoms with Gasteiger partial charge in [-0.1, -0.05) is 24.3 Å². The van der Waals surface area contributed by atoms with Crippen LogP contribution in [-0.2, 0) is 27.4 Å². The molecule has 1 aromatic carbocycles. The molecular formula is C14H15N3O4. The Hall–Kier alpha value is -2.41. The molecule has 3 rings (SSSR count). The summed E-state index contributed by atoms with van der Waals surface area (Å²) in [5, 5.41) is 6.30. The molecule has 2 aliphatic heterocycles. The molecule has 0 spiro atoms. The number of amides is 3. The monoisotopic (exact) mass is 289 g/mol. The number of hydrogen-bond donors (Lipinski definition) is 2. The van der Waals surface area contributed by atoms with E-state index in [0.717, 1.165) is 5.56 Å². The minimum atomic E-state index is -0.810. The fourth-order valence-electron chi connectivity index (χ4n) is 2.47. The Balaban J connectivity index is 1.57. The molecule has 0 aromatic heterocycles. The summed E-state index contributed by atoms with van der Waals surface area (Å²) in [6, 6.07) is 7.94. The van der Waals surface area contributed by atoms with Crippen LogP contribution >= 0.6 is 0 Å². The molecule has 7 nitrogen and oxygen atoms in total. The van der Waals surface area contributed by atoms with Crippen molar-refractivity contribution in [3.63, 3.8) is 0 Å². The number of hydrogen-bond acceptors (Lipinski definition) is 5. The number of nitrogens with one attached hydrogen (secondary N) is 2. The lowest BCUT2D eigenvalue weighted by Gasteiger charge is -2.26. The molecule has 0 aliphatic carbocycles. The van der Waals surface area contributed by atoms with Crippen molar-refractivity contribution in [3.05, 3.63) is 35.4 Å². The summed E-state index contributed by atoms with van der Waals surface area (Å²) in [6.07, 6.45) is -0.314. The van der Waals surface area contributed by atoms with E-state index in [4.69, 9.17) is 4.84 Å². The normalized spacial score (nSPS) is 21.1. The molecule has 0 saturated carbocycles. The summed E-state index contributed by atoms with van der Waals surface area (Å²) < 4.78 is 0. The van der Waals surface area contributed by atoms with Crippen LogP contribution in [0.1, 0.15) is 24.0 Å². The predicted molar refractivity (Wildman–Crippen MR) is 71.5 cm³/mol. The van der Waals surface area contributed by atoms with Gasteiger partial charge in [-0.2, -0.15) is 0 Å². The zero-order valence-electron chi connectivity index (χ0n) is 11.3. The minimum absolute atomic E-state index is 0.0845. The van der Waals surface area contributed by atoms with Crippen LogP contribution in [0.5, 0.6) is 0 Å². The SMILES string of the molecule is O=C(NC1Cc2ccccc2CN1)ON1C(=O)CCC1=O. The number of carbonyl (C=O) groups is 3. The molecule has 1 fully saturated rings. The zero-order valence-corrected chi connectivity index (χ0v) is 11.3. The maximum absolute atomic E-state index is 11.8. The van der Waals surface area contributed by atoms with Gasteiger partial charge in [0.15, 0.2) is 0 Å². The average Bonchev–Trinajstić information content (AvgIpc) is 2.79. The highest BCUT2D eigenvalue weighted by molar-refractivity contribution is 6.01. The van der Waals surface area contributed by atoms with Crippen LogP contribution in [0.25, 0.3) is 0 Å². The van der Waals surface area contributed by atoms with Crippen LogP contribution in [0, 0.1) is 0 Å². The van der Waals surface area contributed by atoms with Gasteiger partial charge in [-0.3, -0.25) is 14.9 Å². The first-order valence-electron chi connectivity index (χ1n) is 6.78. The Kier molecular flexibility index (Phi) is 3.57. The number of fused-ring (bicyclic) bond motifs is 1. The van der Waals surface area contributed by atoms with Gasteiger partial charge in [0.1, 0.15) is 0 Å². The van der Waals surface area contributed by atoms with E-state index >= 15 is 0 Å². The molecule has 3 amide bonds. The predicted octanol–water partition coefficient (Wildman–Crippen LogP) is 0.449. The van der Waals surface area contributed by atoms with Gasteiger partial charge in [0.2, 0.25) is 0 Å². The third-order valence-electron chi connectivity index (χ3n) is 3.55. The van der Waals surface area contributed by atoms with Gasteiger partial charge < -0.3 is 10.2 Å². The number of carbonyl (C=O) groups excluding carboxylic acids is 3. The highest BCUT2D eigenvalue weighted by Crippen LogP contribution is 2.16. The molecule has 110 valence electrons. The molecular weight excluding hydrogens is 274 g/mol. The highest BCUT2D eigenvalue weighted by atomic mass is 16.7. The number of nitrogens with zero attached hydrogens (tertiary/aromatic N) is 1. The van der Waals surface area contributed by atoms with Crippen molar-refractivity contribution < 1.29 is 19.2 Å². The second-order valence-corrected chi connectivity index (χ2v) is 5.01.